The van der Waals surface area contributed by atoms with Crippen molar-refractivity contribution in [2.75, 3.05) is 13.1 Å². The van der Waals surface area contributed by atoms with E-state index in [9.17, 15) is 13.6 Å². The predicted octanol–water partition coefficient (Wildman–Crippen LogP) is 4.44. The number of piperidine rings is 1. The first kappa shape index (κ1) is 17.8. The van der Waals surface area contributed by atoms with Crippen LogP contribution in [0.5, 0.6) is 0 Å². The number of amides is 1. The van der Waals surface area contributed by atoms with E-state index in [1.807, 2.05) is 0 Å². The number of likely N-dealkylation sites (tertiary alicyclic amines) is 1. The summed E-state index contributed by atoms with van der Waals surface area (Å²) in [6.07, 6.45) is 1.40. The molecule has 1 atom stereocenters. The molecule has 1 aliphatic rings. The van der Waals surface area contributed by atoms with Gasteiger partial charge in [-0.3, -0.25) is 4.79 Å². The Morgan fingerprint density at radius 2 is 2.04 bits per heavy atom. The van der Waals surface area contributed by atoms with E-state index in [4.69, 9.17) is 16.3 Å². The second-order valence-corrected chi connectivity index (χ2v) is 6.45. The Morgan fingerprint density at radius 1 is 1.24 bits per heavy atom. The SMILES string of the molecule is O=C(c1ccccc1Cl)N1CCC[C@@H](OCc2ccc(F)cc2F)C1. The van der Waals surface area contributed by atoms with Gasteiger partial charge in [0.25, 0.3) is 5.91 Å². The number of hydrogen-bond acceptors (Lipinski definition) is 2. The van der Waals surface area contributed by atoms with E-state index in [1.165, 1.54) is 12.1 Å². The molecule has 2 aromatic rings. The second-order valence-electron chi connectivity index (χ2n) is 6.04. The van der Waals surface area contributed by atoms with Crippen LogP contribution in [-0.4, -0.2) is 30.0 Å². The van der Waals surface area contributed by atoms with Crippen molar-refractivity contribution in [1.29, 1.82) is 0 Å². The number of hydrogen-bond donors (Lipinski definition) is 0. The van der Waals surface area contributed by atoms with Crippen molar-refractivity contribution in [3.05, 3.63) is 70.2 Å². The van der Waals surface area contributed by atoms with Gasteiger partial charge < -0.3 is 9.64 Å². The highest BCUT2D eigenvalue weighted by atomic mass is 35.5. The lowest BCUT2D eigenvalue weighted by Crippen LogP contribution is -2.43. The summed E-state index contributed by atoms with van der Waals surface area (Å²) in [5, 5.41) is 0.420. The van der Waals surface area contributed by atoms with Gasteiger partial charge in [-0.2, -0.15) is 0 Å². The van der Waals surface area contributed by atoms with Crippen LogP contribution in [0, 0.1) is 11.6 Å². The Morgan fingerprint density at radius 3 is 2.80 bits per heavy atom. The zero-order valence-electron chi connectivity index (χ0n) is 13.6. The quantitative estimate of drug-likeness (QED) is 0.801. The van der Waals surface area contributed by atoms with Crippen molar-refractivity contribution in [3.63, 3.8) is 0 Å². The highest BCUT2D eigenvalue weighted by molar-refractivity contribution is 6.33. The topological polar surface area (TPSA) is 29.5 Å². The number of carbonyl (C=O) groups excluding carboxylic acids is 1. The number of carbonyl (C=O) groups is 1. The lowest BCUT2D eigenvalue weighted by atomic mass is 10.1. The smallest absolute Gasteiger partial charge is 0.255 e. The van der Waals surface area contributed by atoms with Crippen LogP contribution in [-0.2, 0) is 11.3 Å². The average molecular weight is 366 g/mol. The summed E-state index contributed by atoms with van der Waals surface area (Å²) in [5.41, 5.74) is 0.769. The molecule has 1 fully saturated rings. The molecule has 2 aromatic carbocycles. The zero-order chi connectivity index (χ0) is 17.8. The molecule has 3 rings (SSSR count). The maximum absolute atomic E-state index is 13.7. The fraction of sp³-hybridized carbons (Fsp3) is 0.316. The van der Waals surface area contributed by atoms with Crippen LogP contribution in [0.2, 0.25) is 5.02 Å². The van der Waals surface area contributed by atoms with Gasteiger partial charge in [0.1, 0.15) is 11.6 Å². The molecule has 25 heavy (non-hydrogen) atoms. The predicted molar refractivity (Wildman–Crippen MR) is 91.5 cm³/mol. The van der Waals surface area contributed by atoms with Crippen LogP contribution >= 0.6 is 11.6 Å². The van der Waals surface area contributed by atoms with E-state index in [1.54, 1.807) is 29.2 Å². The summed E-state index contributed by atoms with van der Waals surface area (Å²) in [6, 6.07) is 10.3. The van der Waals surface area contributed by atoms with Gasteiger partial charge in [0, 0.05) is 24.7 Å². The fourth-order valence-corrected chi connectivity index (χ4v) is 3.13. The summed E-state index contributed by atoms with van der Waals surface area (Å²) in [5.74, 6) is -1.37. The van der Waals surface area contributed by atoms with Gasteiger partial charge in [0.05, 0.1) is 23.3 Å². The molecular formula is C19H18ClF2NO2. The van der Waals surface area contributed by atoms with Crippen molar-refractivity contribution in [2.45, 2.75) is 25.6 Å². The summed E-state index contributed by atoms with van der Waals surface area (Å²) in [7, 11) is 0. The van der Waals surface area contributed by atoms with Gasteiger partial charge in [0.15, 0.2) is 0 Å². The van der Waals surface area contributed by atoms with E-state index < -0.39 is 11.6 Å². The standard InChI is InChI=1S/C19H18ClF2NO2/c20-17-6-2-1-5-16(17)19(24)23-9-3-4-15(11-23)25-12-13-7-8-14(21)10-18(13)22/h1-2,5-8,10,15H,3-4,9,11-12H2/t15-/m1/s1. The molecule has 6 heteroatoms. The largest absolute Gasteiger partial charge is 0.372 e. The first-order chi connectivity index (χ1) is 12.0. The minimum absolute atomic E-state index is 0.0465. The first-order valence-corrected chi connectivity index (χ1v) is 8.51. The molecule has 1 saturated heterocycles. The molecule has 0 N–H and O–H groups in total. The molecule has 132 valence electrons. The zero-order valence-corrected chi connectivity index (χ0v) is 14.3. The monoisotopic (exact) mass is 365 g/mol. The molecule has 0 unspecified atom stereocenters. The number of ether oxygens (including phenoxy) is 1. The number of nitrogens with zero attached hydrogens (tertiary/aromatic N) is 1. The molecule has 0 spiro atoms. The van der Waals surface area contributed by atoms with Crippen LogP contribution in [0.3, 0.4) is 0 Å². The molecule has 1 amide bonds. The van der Waals surface area contributed by atoms with Crippen molar-refractivity contribution in [3.8, 4) is 0 Å². The van der Waals surface area contributed by atoms with Gasteiger partial charge in [-0.05, 0) is 31.0 Å². The molecule has 3 nitrogen and oxygen atoms in total. The van der Waals surface area contributed by atoms with Crippen LogP contribution < -0.4 is 0 Å². The van der Waals surface area contributed by atoms with Crippen molar-refractivity contribution < 1.29 is 18.3 Å². The fourth-order valence-electron chi connectivity index (χ4n) is 2.91. The number of halogens is 3. The molecular weight excluding hydrogens is 348 g/mol. The number of benzene rings is 2. The second kappa shape index (κ2) is 7.93. The highest BCUT2D eigenvalue weighted by Gasteiger charge is 2.26. The van der Waals surface area contributed by atoms with E-state index in [0.717, 1.165) is 18.9 Å². The summed E-state index contributed by atoms with van der Waals surface area (Å²) in [4.78, 5) is 14.3. The van der Waals surface area contributed by atoms with Crippen molar-refractivity contribution >= 4 is 17.5 Å². The Balaban J connectivity index is 1.61. The normalized spacial score (nSPS) is 17.6. The highest BCUT2D eigenvalue weighted by Crippen LogP contribution is 2.22. The first-order valence-electron chi connectivity index (χ1n) is 8.14. The van der Waals surface area contributed by atoms with Gasteiger partial charge >= 0.3 is 0 Å². The van der Waals surface area contributed by atoms with Crippen LogP contribution in [0.4, 0.5) is 8.78 Å². The van der Waals surface area contributed by atoms with Crippen LogP contribution in [0.1, 0.15) is 28.8 Å². The van der Waals surface area contributed by atoms with Gasteiger partial charge in [0.2, 0.25) is 0 Å². The lowest BCUT2D eigenvalue weighted by molar-refractivity contribution is -0.00764. The Kier molecular flexibility index (Phi) is 5.66. The molecule has 1 aliphatic heterocycles. The minimum Gasteiger partial charge on any atom is -0.372 e. The van der Waals surface area contributed by atoms with Crippen LogP contribution in [0.25, 0.3) is 0 Å². The van der Waals surface area contributed by atoms with E-state index in [0.29, 0.717) is 29.2 Å². The van der Waals surface area contributed by atoms with Crippen molar-refractivity contribution in [2.24, 2.45) is 0 Å². The lowest BCUT2D eigenvalue weighted by Gasteiger charge is -2.33. The Hall–Kier alpha value is -1.98. The molecule has 0 aromatic heterocycles. The summed E-state index contributed by atoms with van der Waals surface area (Å²) >= 11 is 6.10. The van der Waals surface area contributed by atoms with Gasteiger partial charge in [-0.1, -0.05) is 29.8 Å². The Bertz CT molecular complexity index is 769. The minimum atomic E-state index is -0.625. The third kappa shape index (κ3) is 4.35. The summed E-state index contributed by atoms with van der Waals surface area (Å²) < 4.78 is 32.4. The number of rotatable bonds is 4. The Labute approximate surface area is 150 Å². The van der Waals surface area contributed by atoms with Crippen molar-refractivity contribution in [1.82, 2.24) is 4.90 Å². The maximum atomic E-state index is 13.7. The van der Waals surface area contributed by atoms with Gasteiger partial charge in [-0.25, -0.2) is 8.78 Å². The average Bonchev–Trinajstić information content (AvgIpc) is 2.61. The van der Waals surface area contributed by atoms with E-state index in [-0.39, 0.29) is 18.6 Å². The molecule has 1 heterocycles. The third-order valence-corrected chi connectivity index (χ3v) is 4.59. The molecule has 0 radical (unpaired) electrons. The van der Waals surface area contributed by atoms with Gasteiger partial charge in [-0.15, -0.1) is 0 Å². The third-order valence-electron chi connectivity index (χ3n) is 4.26. The summed E-state index contributed by atoms with van der Waals surface area (Å²) in [6.45, 7) is 1.10. The van der Waals surface area contributed by atoms with Crippen LogP contribution in [0.15, 0.2) is 42.5 Å². The molecule has 0 aliphatic carbocycles. The molecule has 0 bridgehead atoms. The maximum Gasteiger partial charge on any atom is 0.255 e. The van der Waals surface area contributed by atoms with E-state index >= 15 is 0 Å². The van der Waals surface area contributed by atoms with E-state index in [2.05, 4.69) is 0 Å². The molecule has 0 saturated carbocycles.